The van der Waals surface area contributed by atoms with Crippen LogP contribution in [0.15, 0.2) is 42.0 Å². The van der Waals surface area contributed by atoms with E-state index in [1.165, 1.54) is 12.1 Å². The van der Waals surface area contributed by atoms with Gasteiger partial charge in [0.25, 0.3) is 12.2 Å². The third-order valence-electron chi connectivity index (χ3n) is 9.28. The fourth-order valence-electron chi connectivity index (χ4n) is 7.12. The second-order valence-corrected chi connectivity index (χ2v) is 13.5. The van der Waals surface area contributed by atoms with Crippen LogP contribution in [0.4, 0.5) is 37.2 Å². The lowest BCUT2D eigenvalue weighted by molar-refractivity contribution is 0.108. The van der Waals surface area contributed by atoms with Crippen molar-refractivity contribution in [3.05, 3.63) is 64.2 Å². The lowest BCUT2D eigenvalue weighted by atomic mass is 9.94. The highest BCUT2D eigenvalue weighted by Crippen LogP contribution is 2.46. The highest BCUT2D eigenvalue weighted by molar-refractivity contribution is 7.23. The Morgan fingerprint density at radius 2 is 2.00 bits per heavy atom. The van der Waals surface area contributed by atoms with Gasteiger partial charge in [-0.2, -0.15) is 32.8 Å². The highest BCUT2D eigenvalue weighted by atomic mass is 35.5. The number of nitrogens with one attached hydrogen (secondary N) is 1. The van der Waals surface area contributed by atoms with E-state index in [0.717, 1.165) is 29.9 Å². The topological polar surface area (TPSA) is 103 Å². The predicted molar refractivity (Wildman–Crippen MR) is 183 cm³/mol. The number of halogens is 7. The second-order valence-electron chi connectivity index (χ2n) is 12.1. The van der Waals surface area contributed by atoms with Crippen LogP contribution >= 0.6 is 22.9 Å². The molecule has 0 saturated carbocycles. The largest absolute Gasteiger partial charge is 0.461 e. The summed E-state index contributed by atoms with van der Waals surface area (Å²) >= 11 is 7.59. The third kappa shape index (κ3) is 6.34. The summed E-state index contributed by atoms with van der Waals surface area (Å²) in [6.07, 6.45) is -1.30. The molecule has 2 aromatic heterocycles. The molecule has 7 rings (SSSR count). The minimum absolute atomic E-state index is 0.0254. The van der Waals surface area contributed by atoms with E-state index in [9.17, 15) is 27.2 Å². The molecule has 5 heterocycles. The van der Waals surface area contributed by atoms with Crippen LogP contribution in [0.25, 0.3) is 32.1 Å². The van der Waals surface area contributed by atoms with E-state index in [0.29, 0.717) is 26.1 Å². The second kappa shape index (κ2) is 14.3. The summed E-state index contributed by atoms with van der Waals surface area (Å²) in [5.41, 5.74) is 5.05. The van der Waals surface area contributed by atoms with Crippen molar-refractivity contribution in [3.8, 4) is 23.2 Å². The first-order valence-electron chi connectivity index (χ1n) is 16.0. The Balaban J connectivity index is 0.00000212. The van der Waals surface area contributed by atoms with Gasteiger partial charge < -0.3 is 20.7 Å². The van der Waals surface area contributed by atoms with Gasteiger partial charge in [0, 0.05) is 54.1 Å². The zero-order valence-corrected chi connectivity index (χ0v) is 28.6. The summed E-state index contributed by atoms with van der Waals surface area (Å²) in [5.74, 6) is -1.39. The minimum atomic E-state index is -1.86. The molecule has 2 atom stereocenters. The molecule has 0 radical (unpaired) electrons. The number of thiophene rings is 1. The molecule has 2 aromatic carbocycles. The summed E-state index contributed by atoms with van der Waals surface area (Å²) in [4.78, 5) is 12.6. The van der Waals surface area contributed by atoms with E-state index in [-0.39, 0.29) is 91.2 Å². The SMILES string of the molecule is CC.N#Cc1c(N)sc2c(F)ccc(-c3c(Cl)cc4c(N5CCNC(C=C(F)F)C5)nc(OCC56CCCN5CC(=C(F)F)C6)nc4c3F)c12. The molecule has 16 heteroatoms. The molecule has 3 fully saturated rings. The van der Waals surface area contributed by atoms with Crippen LogP contribution in [0.3, 0.4) is 0 Å². The quantitative estimate of drug-likeness (QED) is 0.191. The normalized spacial score (nSPS) is 20.4. The molecular weight excluding hydrogens is 704 g/mol. The average Bonchev–Trinajstić information content (AvgIpc) is 3.76. The Labute approximate surface area is 292 Å². The third-order valence-corrected chi connectivity index (χ3v) is 10.6. The highest BCUT2D eigenvalue weighted by Gasteiger charge is 2.48. The van der Waals surface area contributed by atoms with Gasteiger partial charge in [-0.15, -0.1) is 11.3 Å². The van der Waals surface area contributed by atoms with Crippen molar-refractivity contribution in [2.45, 2.75) is 44.7 Å². The molecule has 3 aliphatic rings. The van der Waals surface area contributed by atoms with Gasteiger partial charge in [-0.05, 0) is 49.6 Å². The van der Waals surface area contributed by atoms with E-state index >= 15 is 4.39 Å². The Kier molecular flexibility index (Phi) is 10.2. The zero-order chi connectivity index (χ0) is 35.9. The molecule has 0 bridgehead atoms. The Hall–Kier alpha value is -4.10. The molecule has 0 amide bonds. The van der Waals surface area contributed by atoms with Crippen molar-refractivity contribution >= 4 is 54.7 Å². The number of nitrogen functional groups attached to an aromatic ring is 1. The van der Waals surface area contributed by atoms with Crippen LogP contribution in [0, 0.1) is 23.0 Å². The minimum Gasteiger partial charge on any atom is -0.461 e. The number of piperazine rings is 1. The van der Waals surface area contributed by atoms with Crippen LogP contribution in [0.2, 0.25) is 5.02 Å². The maximum Gasteiger partial charge on any atom is 0.319 e. The number of fused-ring (bicyclic) bond motifs is 3. The van der Waals surface area contributed by atoms with Gasteiger partial charge in [-0.1, -0.05) is 31.5 Å². The maximum atomic E-state index is 16.9. The molecule has 8 nitrogen and oxygen atoms in total. The molecule has 50 heavy (non-hydrogen) atoms. The number of nitriles is 1. The van der Waals surface area contributed by atoms with Crippen molar-refractivity contribution in [3.63, 3.8) is 0 Å². The van der Waals surface area contributed by atoms with Crippen LogP contribution < -0.4 is 20.7 Å². The van der Waals surface area contributed by atoms with Gasteiger partial charge in [0.1, 0.15) is 34.8 Å². The Bertz CT molecular complexity index is 2080. The Morgan fingerprint density at radius 3 is 2.72 bits per heavy atom. The summed E-state index contributed by atoms with van der Waals surface area (Å²) in [6, 6.07) is 4.85. The van der Waals surface area contributed by atoms with E-state index < -0.39 is 35.4 Å². The number of anilines is 2. The van der Waals surface area contributed by atoms with Crippen molar-refractivity contribution in [2.75, 3.05) is 50.0 Å². The fourth-order valence-corrected chi connectivity index (χ4v) is 8.36. The molecule has 0 spiro atoms. The maximum absolute atomic E-state index is 16.9. The van der Waals surface area contributed by atoms with Crippen LogP contribution in [-0.4, -0.2) is 65.8 Å². The van der Waals surface area contributed by atoms with Crippen molar-refractivity contribution in [1.82, 2.24) is 20.2 Å². The van der Waals surface area contributed by atoms with Crippen molar-refractivity contribution < 1.29 is 31.1 Å². The van der Waals surface area contributed by atoms with Crippen LogP contribution in [-0.2, 0) is 0 Å². The number of nitrogens with two attached hydrogens (primary N) is 1. The van der Waals surface area contributed by atoms with Crippen LogP contribution in [0.1, 0.15) is 38.7 Å². The number of benzene rings is 2. The van der Waals surface area contributed by atoms with E-state index in [1.54, 1.807) is 4.90 Å². The average molecular weight is 736 g/mol. The molecule has 3 saturated heterocycles. The lowest BCUT2D eigenvalue weighted by Gasteiger charge is -2.34. The molecule has 0 aliphatic carbocycles. The Morgan fingerprint density at radius 1 is 1.22 bits per heavy atom. The first kappa shape index (κ1) is 35.7. The van der Waals surface area contributed by atoms with Gasteiger partial charge >= 0.3 is 6.01 Å². The molecule has 4 aromatic rings. The van der Waals surface area contributed by atoms with Gasteiger partial charge in [0.2, 0.25) is 0 Å². The molecule has 264 valence electrons. The number of rotatable bonds is 6. The van der Waals surface area contributed by atoms with E-state index in [4.69, 9.17) is 22.1 Å². The summed E-state index contributed by atoms with van der Waals surface area (Å²) in [6.45, 7) is 5.35. The number of hydrogen-bond acceptors (Lipinski definition) is 9. The molecule has 3 N–H and O–H groups in total. The summed E-state index contributed by atoms with van der Waals surface area (Å²) in [5, 5.41) is 13.0. The fraction of sp³-hybridized carbons (Fsp3) is 0.382. The molecule has 2 unspecified atom stereocenters. The number of hydrogen-bond donors (Lipinski definition) is 2. The van der Waals surface area contributed by atoms with Crippen LogP contribution in [0.5, 0.6) is 6.01 Å². The standard InChI is InChI=1S/C32H26ClF6N7OS.C2H6/c33-20-9-18-26(25(37)24(20)17-2-3-21(34)27-23(17)19(11-40)29(41)48-27)43-31(44-30(18)45-7-5-42-16(13-45)8-22(35)36)47-14-32-4-1-6-46(32)12-15(10-32)28(38)39;1-2/h2-3,8-9,16,42H,1,4-7,10,12-14,41H2;1-2H3. The van der Waals surface area contributed by atoms with Gasteiger partial charge in [0.05, 0.1) is 20.8 Å². The monoisotopic (exact) mass is 735 g/mol. The summed E-state index contributed by atoms with van der Waals surface area (Å²) in [7, 11) is 0. The number of aromatic nitrogens is 2. The smallest absolute Gasteiger partial charge is 0.319 e. The number of ether oxygens (including phenoxy) is 1. The first-order chi connectivity index (χ1) is 24.0. The summed E-state index contributed by atoms with van der Waals surface area (Å²) < 4.78 is 91.4. The number of nitrogens with zero attached hydrogens (tertiary/aromatic N) is 5. The first-order valence-corrected chi connectivity index (χ1v) is 17.2. The van der Waals surface area contributed by atoms with Gasteiger partial charge in [-0.3, -0.25) is 4.90 Å². The molecule has 3 aliphatic heterocycles. The van der Waals surface area contributed by atoms with Crippen molar-refractivity contribution in [2.24, 2.45) is 0 Å². The van der Waals surface area contributed by atoms with E-state index in [2.05, 4.69) is 15.3 Å². The van der Waals surface area contributed by atoms with Gasteiger partial charge in [-0.25, -0.2) is 8.78 Å². The molecular formula is C34H32ClF6N7OS. The predicted octanol–water partition coefficient (Wildman–Crippen LogP) is 8.25. The van der Waals surface area contributed by atoms with Gasteiger partial charge in [0.15, 0.2) is 5.82 Å². The lowest BCUT2D eigenvalue weighted by Crippen LogP contribution is -2.50. The zero-order valence-electron chi connectivity index (χ0n) is 27.0. The van der Waals surface area contributed by atoms with E-state index in [1.807, 2.05) is 24.8 Å². The van der Waals surface area contributed by atoms with Crippen molar-refractivity contribution in [1.29, 1.82) is 5.26 Å².